The Hall–Kier alpha value is -2.57. The summed E-state index contributed by atoms with van der Waals surface area (Å²) in [5.41, 5.74) is 0.335. The molecule has 0 aromatic heterocycles. The predicted molar refractivity (Wildman–Crippen MR) is 103 cm³/mol. The van der Waals surface area contributed by atoms with Crippen LogP contribution in [0.25, 0.3) is 0 Å². The van der Waals surface area contributed by atoms with Crippen LogP contribution >= 0.6 is 0 Å². The van der Waals surface area contributed by atoms with Gasteiger partial charge in [0.15, 0.2) is 0 Å². The van der Waals surface area contributed by atoms with Gasteiger partial charge >= 0.3 is 5.97 Å². The number of carboxylic acids is 1. The number of hydrogen-bond donors (Lipinski definition) is 3. The van der Waals surface area contributed by atoms with E-state index in [1.165, 1.54) is 7.11 Å². The molecule has 1 aromatic carbocycles. The van der Waals surface area contributed by atoms with Crippen LogP contribution in [0.2, 0.25) is 0 Å². The van der Waals surface area contributed by atoms with Crippen molar-refractivity contribution in [2.45, 2.75) is 40.2 Å². The van der Waals surface area contributed by atoms with Crippen LogP contribution in [0.1, 0.15) is 44.5 Å². The Morgan fingerprint density at radius 2 is 1.74 bits per heavy atom. The summed E-state index contributed by atoms with van der Waals surface area (Å²) < 4.78 is 5.18. The van der Waals surface area contributed by atoms with Gasteiger partial charge in [-0.1, -0.05) is 39.8 Å². The summed E-state index contributed by atoms with van der Waals surface area (Å²) in [5.74, 6) is -1.97. The van der Waals surface area contributed by atoms with Gasteiger partial charge in [-0.05, 0) is 30.4 Å². The summed E-state index contributed by atoms with van der Waals surface area (Å²) in [5, 5.41) is 14.7. The Morgan fingerprint density at radius 3 is 2.26 bits per heavy atom. The lowest BCUT2D eigenvalue weighted by molar-refractivity contribution is -0.142. The topological polar surface area (TPSA) is 105 Å². The number of aliphatic carboxylic acids is 1. The zero-order valence-corrected chi connectivity index (χ0v) is 16.6. The Labute approximate surface area is 160 Å². The number of nitrogens with one attached hydrogen (secondary N) is 2. The molecule has 7 nitrogen and oxygen atoms in total. The standard InChI is InChI=1S/C20H30N2O5/c1-12(2)10-14(20(25)26)11-21-19(24)17(13(3)4)22-18(23)15-8-6-7-9-16(15)27-5/h6-9,12-14,17H,10-11H2,1-5H3,(H,21,24)(H,22,23)(H,25,26). The Kier molecular flexibility index (Phi) is 8.78. The molecular weight excluding hydrogens is 348 g/mol. The van der Waals surface area contributed by atoms with Crippen molar-refractivity contribution in [3.05, 3.63) is 29.8 Å². The van der Waals surface area contributed by atoms with Crippen molar-refractivity contribution in [2.75, 3.05) is 13.7 Å². The van der Waals surface area contributed by atoms with E-state index in [2.05, 4.69) is 10.6 Å². The molecule has 0 spiro atoms. The lowest BCUT2D eigenvalue weighted by Crippen LogP contribution is -2.51. The van der Waals surface area contributed by atoms with Gasteiger partial charge in [-0.2, -0.15) is 0 Å². The number of carboxylic acid groups (broad SMARTS) is 1. The Morgan fingerprint density at radius 1 is 1.11 bits per heavy atom. The molecule has 2 unspecified atom stereocenters. The number of hydrogen-bond acceptors (Lipinski definition) is 4. The van der Waals surface area contributed by atoms with Gasteiger partial charge in [0.1, 0.15) is 11.8 Å². The summed E-state index contributed by atoms with van der Waals surface area (Å²) >= 11 is 0. The Balaban J connectivity index is 2.81. The highest BCUT2D eigenvalue weighted by Crippen LogP contribution is 2.18. The summed E-state index contributed by atoms with van der Waals surface area (Å²) in [6.07, 6.45) is 0.468. The number of benzene rings is 1. The van der Waals surface area contributed by atoms with Crippen LogP contribution in [0.15, 0.2) is 24.3 Å². The molecule has 2 amide bonds. The fourth-order valence-corrected chi connectivity index (χ4v) is 2.76. The molecule has 27 heavy (non-hydrogen) atoms. The second kappa shape index (κ2) is 10.5. The van der Waals surface area contributed by atoms with E-state index >= 15 is 0 Å². The predicted octanol–water partition coefficient (Wildman–Crippen LogP) is 2.31. The minimum absolute atomic E-state index is 0.0279. The fourth-order valence-electron chi connectivity index (χ4n) is 2.76. The van der Waals surface area contributed by atoms with E-state index in [0.29, 0.717) is 17.7 Å². The van der Waals surface area contributed by atoms with E-state index in [-0.39, 0.29) is 18.4 Å². The van der Waals surface area contributed by atoms with Crippen molar-refractivity contribution in [2.24, 2.45) is 17.8 Å². The molecule has 2 atom stereocenters. The molecule has 7 heteroatoms. The molecule has 1 rings (SSSR count). The number of amides is 2. The monoisotopic (exact) mass is 378 g/mol. The molecule has 1 aromatic rings. The van der Waals surface area contributed by atoms with Gasteiger partial charge in [0, 0.05) is 6.54 Å². The fraction of sp³-hybridized carbons (Fsp3) is 0.550. The van der Waals surface area contributed by atoms with Crippen molar-refractivity contribution in [3.8, 4) is 5.75 Å². The average Bonchev–Trinajstić information content (AvgIpc) is 2.61. The zero-order valence-electron chi connectivity index (χ0n) is 16.6. The second-order valence-corrected chi connectivity index (χ2v) is 7.31. The lowest BCUT2D eigenvalue weighted by atomic mass is 9.96. The van der Waals surface area contributed by atoms with Crippen LogP contribution in [0.3, 0.4) is 0 Å². The van der Waals surface area contributed by atoms with Gasteiger partial charge in [-0.25, -0.2) is 0 Å². The third-order valence-corrected chi connectivity index (χ3v) is 4.22. The molecule has 0 heterocycles. The molecule has 0 aliphatic carbocycles. The highest BCUT2D eigenvalue weighted by atomic mass is 16.5. The maximum Gasteiger partial charge on any atom is 0.308 e. The van der Waals surface area contributed by atoms with Crippen LogP contribution in [-0.2, 0) is 9.59 Å². The van der Waals surface area contributed by atoms with Crippen LogP contribution in [0, 0.1) is 17.8 Å². The first-order valence-corrected chi connectivity index (χ1v) is 9.11. The van der Waals surface area contributed by atoms with Crippen molar-refractivity contribution >= 4 is 17.8 Å². The lowest BCUT2D eigenvalue weighted by Gasteiger charge is -2.23. The molecule has 0 saturated heterocycles. The number of para-hydroxylation sites is 1. The minimum Gasteiger partial charge on any atom is -0.496 e. The molecule has 0 saturated carbocycles. The zero-order chi connectivity index (χ0) is 20.6. The van der Waals surface area contributed by atoms with Gasteiger partial charge in [0.05, 0.1) is 18.6 Å². The molecule has 0 bridgehead atoms. The molecular formula is C20H30N2O5. The number of rotatable bonds is 10. The maximum atomic E-state index is 12.6. The first kappa shape index (κ1) is 22.5. The Bertz CT molecular complexity index is 658. The number of ether oxygens (including phenoxy) is 1. The number of carbonyl (C=O) groups excluding carboxylic acids is 2. The average molecular weight is 378 g/mol. The van der Waals surface area contributed by atoms with Gasteiger partial charge in [-0.3, -0.25) is 14.4 Å². The third-order valence-electron chi connectivity index (χ3n) is 4.22. The van der Waals surface area contributed by atoms with Crippen molar-refractivity contribution in [3.63, 3.8) is 0 Å². The minimum atomic E-state index is -0.942. The van der Waals surface area contributed by atoms with Crippen molar-refractivity contribution in [1.82, 2.24) is 10.6 Å². The van der Waals surface area contributed by atoms with Crippen LogP contribution in [0.4, 0.5) is 0 Å². The second-order valence-electron chi connectivity index (χ2n) is 7.31. The highest BCUT2D eigenvalue weighted by Gasteiger charge is 2.27. The summed E-state index contributed by atoms with van der Waals surface area (Å²) in [6.45, 7) is 7.52. The van der Waals surface area contributed by atoms with Gasteiger partial charge < -0.3 is 20.5 Å². The normalized spacial score (nSPS) is 13.1. The maximum absolute atomic E-state index is 12.6. The first-order valence-electron chi connectivity index (χ1n) is 9.11. The molecule has 0 fully saturated rings. The highest BCUT2D eigenvalue weighted by molar-refractivity contribution is 5.99. The quantitative estimate of drug-likeness (QED) is 0.579. The van der Waals surface area contributed by atoms with E-state index in [4.69, 9.17) is 4.74 Å². The van der Waals surface area contributed by atoms with Crippen LogP contribution in [-0.4, -0.2) is 42.6 Å². The van der Waals surface area contributed by atoms with Gasteiger partial charge in [0.25, 0.3) is 5.91 Å². The third kappa shape index (κ3) is 6.92. The van der Waals surface area contributed by atoms with E-state index in [1.54, 1.807) is 24.3 Å². The van der Waals surface area contributed by atoms with Crippen molar-refractivity contribution < 1.29 is 24.2 Å². The van der Waals surface area contributed by atoms with Gasteiger partial charge in [-0.15, -0.1) is 0 Å². The van der Waals surface area contributed by atoms with E-state index < -0.39 is 29.7 Å². The summed E-state index contributed by atoms with van der Waals surface area (Å²) in [4.78, 5) is 36.5. The first-order chi connectivity index (χ1) is 12.7. The summed E-state index contributed by atoms with van der Waals surface area (Å²) in [6, 6.07) is 5.97. The largest absolute Gasteiger partial charge is 0.496 e. The molecule has 0 radical (unpaired) electrons. The summed E-state index contributed by atoms with van der Waals surface area (Å²) in [7, 11) is 1.47. The molecule has 3 N–H and O–H groups in total. The number of methoxy groups -OCH3 is 1. The van der Waals surface area contributed by atoms with Crippen LogP contribution < -0.4 is 15.4 Å². The molecule has 0 aliphatic rings. The van der Waals surface area contributed by atoms with E-state index in [0.717, 1.165) is 0 Å². The molecule has 0 aliphatic heterocycles. The smallest absolute Gasteiger partial charge is 0.308 e. The molecule has 150 valence electrons. The van der Waals surface area contributed by atoms with Gasteiger partial charge in [0.2, 0.25) is 5.91 Å². The van der Waals surface area contributed by atoms with E-state index in [9.17, 15) is 19.5 Å². The van der Waals surface area contributed by atoms with E-state index in [1.807, 2.05) is 27.7 Å². The van der Waals surface area contributed by atoms with Crippen LogP contribution in [0.5, 0.6) is 5.75 Å². The number of carbonyl (C=O) groups is 3. The SMILES string of the molecule is COc1ccccc1C(=O)NC(C(=O)NCC(CC(C)C)C(=O)O)C(C)C. The van der Waals surface area contributed by atoms with Crippen molar-refractivity contribution in [1.29, 1.82) is 0 Å².